The van der Waals surface area contributed by atoms with Gasteiger partial charge in [-0.25, -0.2) is 10.8 Å². The number of nitrogens with zero attached hydrogens (tertiary/aromatic N) is 2. The fourth-order valence-electron chi connectivity index (χ4n) is 2.93. The third-order valence-electron chi connectivity index (χ3n) is 4.44. The molecule has 1 aliphatic carbocycles. The number of hydrogen-bond acceptors (Lipinski definition) is 6. The van der Waals surface area contributed by atoms with Crippen LogP contribution in [0.5, 0.6) is 5.88 Å². The molecule has 1 aliphatic rings. The van der Waals surface area contributed by atoms with Crippen molar-refractivity contribution < 1.29 is 4.74 Å². The molecule has 5 nitrogen and oxygen atoms in total. The molecular formula is C15H22N4OS. The number of thiophene rings is 1. The van der Waals surface area contributed by atoms with Gasteiger partial charge in [0.2, 0.25) is 11.8 Å². The van der Waals surface area contributed by atoms with E-state index in [-0.39, 0.29) is 6.10 Å². The number of anilines is 1. The lowest BCUT2D eigenvalue weighted by Gasteiger charge is -2.32. The summed E-state index contributed by atoms with van der Waals surface area (Å²) >= 11 is 1.63. The summed E-state index contributed by atoms with van der Waals surface area (Å²) in [6, 6.07) is 2.09. The Morgan fingerprint density at radius 1 is 1.29 bits per heavy atom. The van der Waals surface area contributed by atoms with Gasteiger partial charge in [-0.1, -0.05) is 13.8 Å². The van der Waals surface area contributed by atoms with Crippen LogP contribution in [0.4, 0.5) is 5.95 Å². The zero-order chi connectivity index (χ0) is 15.0. The Labute approximate surface area is 128 Å². The van der Waals surface area contributed by atoms with E-state index in [1.165, 1.54) is 11.3 Å². The van der Waals surface area contributed by atoms with Crippen molar-refractivity contribution in [3.05, 3.63) is 10.9 Å². The van der Waals surface area contributed by atoms with Crippen LogP contribution in [0.25, 0.3) is 10.2 Å². The van der Waals surface area contributed by atoms with Gasteiger partial charge < -0.3 is 4.74 Å². The molecule has 0 bridgehead atoms. The van der Waals surface area contributed by atoms with Crippen molar-refractivity contribution in [1.82, 2.24) is 9.97 Å². The third-order valence-corrected chi connectivity index (χ3v) is 5.38. The van der Waals surface area contributed by atoms with Crippen molar-refractivity contribution in [2.45, 2.75) is 46.1 Å². The van der Waals surface area contributed by atoms with Crippen LogP contribution in [0.2, 0.25) is 0 Å². The molecule has 0 aliphatic heterocycles. The summed E-state index contributed by atoms with van der Waals surface area (Å²) in [5, 5.41) is 0.989. The van der Waals surface area contributed by atoms with E-state index in [0.717, 1.165) is 29.0 Å². The zero-order valence-electron chi connectivity index (χ0n) is 12.7. The molecule has 1 fully saturated rings. The number of rotatable bonds is 3. The highest BCUT2D eigenvalue weighted by Crippen LogP contribution is 2.35. The van der Waals surface area contributed by atoms with Gasteiger partial charge >= 0.3 is 0 Å². The van der Waals surface area contributed by atoms with Crippen LogP contribution < -0.4 is 16.0 Å². The Balaban J connectivity index is 1.89. The van der Waals surface area contributed by atoms with Crippen molar-refractivity contribution in [2.24, 2.45) is 17.7 Å². The second-order valence-corrected chi connectivity index (χ2v) is 7.31. The number of aryl methyl sites for hydroxylation is 1. The molecule has 21 heavy (non-hydrogen) atoms. The summed E-state index contributed by atoms with van der Waals surface area (Å²) in [6.45, 7) is 6.69. The smallest absolute Gasteiger partial charge is 0.241 e. The maximum absolute atomic E-state index is 6.20. The van der Waals surface area contributed by atoms with Gasteiger partial charge in [-0.3, -0.25) is 5.43 Å². The molecule has 1 saturated carbocycles. The minimum atomic E-state index is 0.236. The first-order chi connectivity index (χ1) is 10.1. The van der Waals surface area contributed by atoms with Crippen LogP contribution in [-0.2, 0) is 0 Å². The number of fused-ring (bicyclic) bond motifs is 1. The summed E-state index contributed by atoms with van der Waals surface area (Å²) < 4.78 is 6.20. The Kier molecular flexibility index (Phi) is 3.99. The van der Waals surface area contributed by atoms with Crippen LogP contribution in [-0.4, -0.2) is 16.1 Å². The number of nitrogen functional groups attached to an aromatic ring is 1. The Hall–Kier alpha value is -1.40. The summed E-state index contributed by atoms with van der Waals surface area (Å²) in [5.74, 6) is 8.00. The molecule has 114 valence electrons. The van der Waals surface area contributed by atoms with Crippen LogP contribution in [0.3, 0.4) is 0 Å². The minimum Gasteiger partial charge on any atom is -0.474 e. The molecule has 2 heterocycles. The SMILES string of the molecule is Cc1cc2c(OC3CCC(C)C(C)C3)nc(NN)nc2s1. The number of nitrogens with one attached hydrogen (secondary N) is 1. The Bertz CT molecular complexity index is 642. The lowest BCUT2D eigenvalue weighted by atomic mass is 9.80. The normalized spacial score (nSPS) is 26.0. The van der Waals surface area contributed by atoms with Crippen molar-refractivity contribution in [2.75, 3.05) is 5.43 Å². The molecule has 0 radical (unpaired) electrons. The standard InChI is InChI=1S/C15H22N4OS/c1-8-4-5-11(6-9(8)2)20-13-12-7-10(3)21-14(12)18-15(17-13)19-16/h7-9,11H,4-6,16H2,1-3H3,(H,17,18,19). The number of aromatic nitrogens is 2. The topological polar surface area (TPSA) is 73.1 Å². The van der Waals surface area contributed by atoms with E-state index < -0.39 is 0 Å². The second kappa shape index (κ2) is 5.77. The maximum atomic E-state index is 6.20. The van der Waals surface area contributed by atoms with E-state index in [1.807, 2.05) is 0 Å². The van der Waals surface area contributed by atoms with Gasteiger partial charge in [-0.15, -0.1) is 11.3 Å². The van der Waals surface area contributed by atoms with Gasteiger partial charge in [-0.05, 0) is 44.1 Å². The first-order valence-corrected chi connectivity index (χ1v) is 8.30. The van der Waals surface area contributed by atoms with Crippen molar-refractivity contribution in [1.29, 1.82) is 0 Å². The zero-order valence-corrected chi connectivity index (χ0v) is 13.5. The van der Waals surface area contributed by atoms with Crippen LogP contribution in [0.1, 0.15) is 38.0 Å². The fraction of sp³-hybridized carbons (Fsp3) is 0.600. The molecule has 2 aromatic rings. The number of hydrazine groups is 1. The molecule has 6 heteroatoms. The summed E-state index contributed by atoms with van der Waals surface area (Å²) in [4.78, 5) is 10.9. The van der Waals surface area contributed by atoms with Gasteiger partial charge in [0.15, 0.2) is 0 Å². The second-order valence-electron chi connectivity index (χ2n) is 6.08. The Morgan fingerprint density at radius 3 is 2.81 bits per heavy atom. The first kappa shape index (κ1) is 14.5. The van der Waals surface area contributed by atoms with E-state index in [1.54, 1.807) is 11.3 Å². The Morgan fingerprint density at radius 2 is 2.10 bits per heavy atom. The lowest BCUT2D eigenvalue weighted by Crippen LogP contribution is -2.29. The molecule has 2 aromatic heterocycles. The lowest BCUT2D eigenvalue weighted by molar-refractivity contribution is 0.0980. The maximum Gasteiger partial charge on any atom is 0.241 e. The van der Waals surface area contributed by atoms with Crippen LogP contribution >= 0.6 is 11.3 Å². The monoisotopic (exact) mass is 306 g/mol. The number of ether oxygens (including phenoxy) is 1. The van der Waals surface area contributed by atoms with Gasteiger partial charge in [0.1, 0.15) is 10.9 Å². The fourth-order valence-corrected chi connectivity index (χ4v) is 3.80. The van der Waals surface area contributed by atoms with Gasteiger partial charge in [0.05, 0.1) is 5.39 Å². The highest BCUT2D eigenvalue weighted by atomic mass is 32.1. The van der Waals surface area contributed by atoms with Crippen LogP contribution in [0, 0.1) is 18.8 Å². The van der Waals surface area contributed by atoms with Crippen molar-refractivity contribution in [3.8, 4) is 5.88 Å². The third kappa shape index (κ3) is 2.96. The van der Waals surface area contributed by atoms with E-state index in [4.69, 9.17) is 10.6 Å². The van der Waals surface area contributed by atoms with E-state index in [9.17, 15) is 0 Å². The molecule has 0 saturated heterocycles. The largest absolute Gasteiger partial charge is 0.474 e. The molecule has 0 spiro atoms. The molecular weight excluding hydrogens is 284 g/mol. The van der Waals surface area contributed by atoms with Gasteiger partial charge in [0.25, 0.3) is 0 Å². The predicted octanol–water partition coefficient (Wildman–Crippen LogP) is 3.49. The average Bonchev–Trinajstić information content (AvgIpc) is 2.83. The molecule has 0 amide bonds. The minimum absolute atomic E-state index is 0.236. The highest BCUT2D eigenvalue weighted by molar-refractivity contribution is 7.18. The van der Waals surface area contributed by atoms with Gasteiger partial charge in [-0.2, -0.15) is 4.98 Å². The number of hydrogen-bond donors (Lipinski definition) is 2. The predicted molar refractivity (Wildman–Crippen MR) is 86.6 cm³/mol. The van der Waals surface area contributed by atoms with E-state index >= 15 is 0 Å². The van der Waals surface area contributed by atoms with E-state index in [2.05, 4.69) is 42.2 Å². The molecule has 3 atom stereocenters. The van der Waals surface area contributed by atoms with Crippen molar-refractivity contribution >= 4 is 27.5 Å². The summed E-state index contributed by atoms with van der Waals surface area (Å²) in [6.07, 6.45) is 3.62. The number of nitrogens with two attached hydrogens (primary N) is 1. The molecule has 3 unspecified atom stereocenters. The van der Waals surface area contributed by atoms with Crippen molar-refractivity contribution in [3.63, 3.8) is 0 Å². The molecule has 3 N–H and O–H groups in total. The molecule has 0 aromatic carbocycles. The van der Waals surface area contributed by atoms with E-state index in [0.29, 0.717) is 17.7 Å². The quantitative estimate of drug-likeness (QED) is 0.671. The van der Waals surface area contributed by atoms with Crippen LogP contribution in [0.15, 0.2) is 6.07 Å². The first-order valence-electron chi connectivity index (χ1n) is 7.48. The highest BCUT2D eigenvalue weighted by Gasteiger charge is 2.27. The average molecular weight is 306 g/mol. The summed E-state index contributed by atoms with van der Waals surface area (Å²) in [7, 11) is 0. The molecule has 3 rings (SSSR count). The van der Waals surface area contributed by atoms with Gasteiger partial charge in [0, 0.05) is 4.88 Å². The summed E-state index contributed by atoms with van der Waals surface area (Å²) in [5.41, 5.74) is 2.53.